The van der Waals surface area contributed by atoms with E-state index in [1.165, 1.54) is 0 Å². The second kappa shape index (κ2) is 6.75. The van der Waals surface area contributed by atoms with Crippen LogP contribution in [0.3, 0.4) is 0 Å². The lowest BCUT2D eigenvalue weighted by atomic mass is 9.95. The fourth-order valence-electron chi connectivity index (χ4n) is 2.77. The summed E-state index contributed by atoms with van der Waals surface area (Å²) in [5.41, 5.74) is 1.10. The molecule has 1 fully saturated rings. The minimum Gasteiger partial charge on any atom is -0.496 e. The highest BCUT2D eigenvalue weighted by molar-refractivity contribution is 5.77. The van der Waals surface area contributed by atoms with Gasteiger partial charge in [0, 0.05) is 32.1 Å². The van der Waals surface area contributed by atoms with Crippen molar-refractivity contribution in [3.8, 4) is 5.75 Å². The summed E-state index contributed by atoms with van der Waals surface area (Å²) >= 11 is 0. The molecule has 20 heavy (non-hydrogen) atoms. The predicted octanol–water partition coefficient (Wildman–Crippen LogP) is 2.01. The number of hydrogen-bond donors (Lipinski definition) is 1. The molecule has 1 aliphatic rings. The first-order chi connectivity index (χ1) is 9.63. The fourth-order valence-corrected chi connectivity index (χ4v) is 2.77. The third-order valence-corrected chi connectivity index (χ3v) is 3.97. The molecule has 1 aliphatic heterocycles. The number of benzene rings is 1. The summed E-state index contributed by atoms with van der Waals surface area (Å²) in [6, 6.07) is 8.21. The van der Waals surface area contributed by atoms with E-state index in [0.717, 1.165) is 30.9 Å². The number of nitrogens with zero attached hydrogens (tertiary/aromatic N) is 1. The molecule has 0 aliphatic carbocycles. The quantitative estimate of drug-likeness (QED) is 0.914. The molecule has 1 saturated heterocycles. The molecule has 2 rings (SSSR count). The maximum atomic E-state index is 12.4. The van der Waals surface area contributed by atoms with Crippen LogP contribution in [-0.4, -0.2) is 43.6 Å². The topological polar surface area (TPSA) is 41.6 Å². The standard InChI is InChI=1S/C16H24N2O2/c1-12(14-6-4-5-7-15(14)20-3)10-16(19)18-9-8-17-11-13(18)2/h4-7,12-13,17H,8-11H2,1-3H3/t12-,13+/m0/s1. The molecule has 1 aromatic rings. The molecule has 0 bridgehead atoms. The van der Waals surface area contributed by atoms with Crippen LogP contribution < -0.4 is 10.1 Å². The monoisotopic (exact) mass is 276 g/mol. The molecule has 1 amide bonds. The van der Waals surface area contributed by atoms with Gasteiger partial charge in [-0.25, -0.2) is 0 Å². The minimum atomic E-state index is 0.167. The van der Waals surface area contributed by atoms with Gasteiger partial charge in [-0.05, 0) is 24.5 Å². The summed E-state index contributed by atoms with van der Waals surface area (Å²) in [5.74, 6) is 1.26. The van der Waals surface area contributed by atoms with Gasteiger partial charge in [0.25, 0.3) is 0 Å². The zero-order valence-corrected chi connectivity index (χ0v) is 12.6. The van der Waals surface area contributed by atoms with Gasteiger partial charge in [-0.1, -0.05) is 25.1 Å². The van der Waals surface area contributed by atoms with E-state index in [1.807, 2.05) is 29.2 Å². The molecule has 0 spiro atoms. The van der Waals surface area contributed by atoms with Gasteiger partial charge >= 0.3 is 0 Å². The van der Waals surface area contributed by atoms with E-state index < -0.39 is 0 Å². The van der Waals surface area contributed by atoms with Crippen molar-refractivity contribution in [2.24, 2.45) is 0 Å². The van der Waals surface area contributed by atoms with Crippen molar-refractivity contribution in [1.82, 2.24) is 10.2 Å². The van der Waals surface area contributed by atoms with Crippen LogP contribution in [0, 0.1) is 0 Å². The number of hydrogen-bond acceptors (Lipinski definition) is 3. The average molecular weight is 276 g/mol. The number of para-hydroxylation sites is 1. The highest BCUT2D eigenvalue weighted by Gasteiger charge is 2.25. The van der Waals surface area contributed by atoms with Crippen LogP contribution in [-0.2, 0) is 4.79 Å². The van der Waals surface area contributed by atoms with Gasteiger partial charge in [-0.2, -0.15) is 0 Å². The molecule has 4 nitrogen and oxygen atoms in total. The van der Waals surface area contributed by atoms with Crippen molar-refractivity contribution in [3.05, 3.63) is 29.8 Å². The van der Waals surface area contributed by atoms with Gasteiger partial charge in [0.05, 0.1) is 7.11 Å². The van der Waals surface area contributed by atoms with E-state index in [9.17, 15) is 4.79 Å². The molecule has 1 aromatic carbocycles. The first-order valence-corrected chi connectivity index (χ1v) is 7.26. The predicted molar refractivity (Wildman–Crippen MR) is 80.1 cm³/mol. The van der Waals surface area contributed by atoms with Gasteiger partial charge in [0.15, 0.2) is 0 Å². The van der Waals surface area contributed by atoms with Crippen molar-refractivity contribution in [1.29, 1.82) is 0 Å². The Bertz CT molecular complexity index is 462. The molecule has 1 heterocycles. The number of methoxy groups -OCH3 is 1. The maximum absolute atomic E-state index is 12.4. The van der Waals surface area contributed by atoms with E-state index >= 15 is 0 Å². The third kappa shape index (κ3) is 3.31. The van der Waals surface area contributed by atoms with Crippen LogP contribution in [0.15, 0.2) is 24.3 Å². The molecule has 0 aromatic heterocycles. The lowest BCUT2D eigenvalue weighted by Crippen LogP contribution is -2.52. The van der Waals surface area contributed by atoms with Gasteiger partial charge in [0.1, 0.15) is 5.75 Å². The molecular weight excluding hydrogens is 252 g/mol. The summed E-state index contributed by atoms with van der Waals surface area (Å²) in [5, 5.41) is 3.31. The Morgan fingerprint density at radius 3 is 2.95 bits per heavy atom. The number of piperazine rings is 1. The van der Waals surface area contributed by atoms with Gasteiger partial charge in [-0.15, -0.1) is 0 Å². The summed E-state index contributed by atoms with van der Waals surface area (Å²) < 4.78 is 5.38. The lowest BCUT2D eigenvalue weighted by molar-refractivity contribution is -0.134. The number of carbonyl (C=O) groups excluding carboxylic acids is 1. The first-order valence-electron chi connectivity index (χ1n) is 7.26. The molecule has 1 N–H and O–H groups in total. The fraction of sp³-hybridized carbons (Fsp3) is 0.562. The summed E-state index contributed by atoms with van der Waals surface area (Å²) in [7, 11) is 1.67. The van der Waals surface area contributed by atoms with E-state index in [0.29, 0.717) is 6.42 Å². The molecule has 110 valence electrons. The number of nitrogens with one attached hydrogen (secondary N) is 1. The molecule has 4 heteroatoms. The zero-order chi connectivity index (χ0) is 14.5. The second-order valence-electron chi connectivity index (χ2n) is 5.49. The van der Waals surface area contributed by atoms with Crippen molar-refractivity contribution < 1.29 is 9.53 Å². The van der Waals surface area contributed by atoms with Gasteiger partial charge in [0.2, 0.25) is 5.91 Å². The average Bonchev–Trinajstić information content (AvgIpc) is 2.47. The minimum absolute atomic E-state index is 0.167. The summed E-state index contributed by atoms with van der Waals surface area (Å²) in [6.07, 6.45) is 0.532. The smallest absolute Gasteiger partial charge is 0.223 e. The Labute approximate surface area is 121 Å². The highest BCUT2D eigenvalue weighted by atomic mass is 16.5. The molecule has 0 saturated carbocycles. The van der Waals surface area contributed by atoms with Crippen LogP contribution in [0.4, 0.5) is 0 Å². The second-order valence-corrected chi connectivity index (χ2v) is 5.49. The SMILES string of the molecule is COc1ccccc1[C@@H](C)CC(=O)N1CCNC[C@H]1C. The Kier molecular flexibility index (Phi) is 5.01. The Balaban J connectivity index is 2.03. The number of carbonyl (C=O) groups is 1. The van der Waals surface area contributed by atoms with E-state index in [1.54, 1.807) is 7.11 Å². The van der Waals surface area contributed by atoms with Crippen molar-refractivity contribution in [2.45, 2.75) is 32.2 Å². The number of ether oxygens (including phenoxy) is 1. The third-order valence-electron chi connectivity index (χ3n) is 3.97. The van der Waals surface area contributed by atoms with Crippen molar-refractivity contribution >= 4 is 5.91 Å². The molecule has 0 unspecified atom stereocenters. The van der Waals surface area contributed by atoms with Crippen molar-refractivity contribution in [2.75, 3.05) is 26.7 Å². The first kappa shape index (κ1) is 14.9. The van der Waals surface area contributed by atoms with E-state index in [-0.39, 0.29) is 17.9 Å². The maximum Gasteiger partial charge on any atom is 0.223 e. The molecule has 0 radical (unpaired) electrons. The number of amides is 1. The lowest BCUT2D eigenvalue weighted by Gasteiger charge is -2.34. The Morgan fingerprint density at radius 2 is 2.25 bits per heavy atom. The molecular formula is C16H24N2O2. The largest absolute Gasteiger partial charge is 0.496 e. The number of rotatable bonds is 4. The zero-order valence-electron chi connectivity index (χ0n) is 12.6. The van der Waals surface area contributed by atoms with Crippen LogP contribution in [0.1, 0.15) is 31.7 Å². The van der Waals surface area contributed by atoms with Crippen LogP contribution in [0.5, 0.6) is 5.75 Å². The normalized spacial score (nSPS) is 20.6. The Morgan fingerprint density at radius 1 is 1.50 bits per heavy atom. The molecule has 2 atom stereocenters. The van der Waals surface area contributed by atoms with Crippen molar-refractivity contribution in [3.63, 3.8) is 0 Å². The van der Waals surface area contributed by atoms with Gasteiger partial charge < -0.3 is 15.0 Å². The Hall–Kier alpha value is -1.55. The van der Waals surface area contributed by atoms with Crippen LogP contribution >= 0.6 is 0 Å². The van der Waals surface area contributed by atoms with E-state index in [4.69, 9.17) is 4.74 Å². The van der Waals surface area contributed by atoms with Gasteiger partial charge in [-0.3, -0.25) is 4.79 Å². The summed E-state index contributed by atoms with van der Waals surface area (Å²) in [6.45, 7) is 6.76. The summed E-state index contributed by atoms with van der Waals surface area (Å²) in [4.78, 5) is 14.4. The van der Waals surface area contributed by atoms with Crippen LogP contribution in [0.2, 0.25) is 0 Å². The highest BCUT2D eigenvalue weighted by Crippen LogP contribution is 2.29. The van der Waals surface area contributed by atoms with E-state index in [2.05, 4.69) is 19.2 Å². The van der Waals surface area contributed by atoms with Crippen LogP contribution in [0.25, 0.3) is 0 Å².